The first-order valence-corrected chi connectivity index (χ1v) is 4.95. The second-order valence-corrected chi connectivity index (χ2v) is 3.48. The van der Waals surface area contributed by atoms with Crippen LogP contribution in [0.4, 0.5) is 0 Å². The Hall–Kier alpha value is -1.04. The van der Waals surface area contributed by atoms with Crippen LogP contribution in [-0.4, -0.2) is 0 Å². The zero-order chi connectivity index (χ0) is 9.52. The molecule has 0 aromatic carbocycles. The summed E-state index contributed by atoms with van der Waals surface area (Å²) in [7, 11) is 0. The molecule has 0 saturated carbocycles. The fraction of sp³-hybridized carbons (Fsp3) is 0.385. The summed E-state index contributed by atoms with van der Waals surface area (Å²) in [4.78, 5) is 0. The molecule has 0 heteroatoms. The normalized spacial score (nSPS) is 27.7. The molecule has 1 rings (SSSR count). The molecule has 2 atom stereocenters. The predicted octanol–water partition coefficient (Wildman–Crippen LogP) is 3.89. The Morgan fingerprint density at radius 3 is 2.92 bits per heavy atom. The van der Waals surface area contributed by atoms with E-state index in [0.717, 1.165) is 6.42 Å². The molecule has 0 nitrogen and oxygen atoms in total. The number of allylic oxidation sites excluding steroid dienone is 6. The second kappa shape index (κ2) is 5.58. The molecule has 0 fully saturated rings. The molecule has 0 radical (unpaired) electrons. The van der Waals surface area contributed by atoms with E-state index in [1.54, 1.807) is 0 Å². The molecular weight excluding hydrogens is 156 g/mol. The molecule has 2 unspecified atom stereocenters. The van der Waals surface area contributed by atoms with Crippen molar-refractivity contribution in [2.75, 3.05) is 0 Å². The molecule has 1 aliphatic rings. The third-order valence-electron chi connectivity index (χ3n) is 2.53. The maximum atomic E-state index is 3.79. The highest BCUT2D eigenvalue weighted by molar-refractivity contribution is 5.08. The van der Waals surface area contributed by atoms with Crippen LogP contribution in [0.5, 0.6) is 0 Å². The third-order valence-corrected chi connectivity index (χ3v) is 2.53. The molecule has 0 heterocycles. The average molecular weight is 174 g/mol. The van der Waals surface area contributed by atoms with E-state index in [2.05, 4.69) is 37.5 Å². The van der Waals surface area contributed by atoms with Gasteiger partial charge in [-0.15, -0.1) is 6.58 Å². The highest BCUT2D eigenvalue weighted by Crippen LogP contribution is 2.28. The fourth-order valence-corrected chi connectivity index (χ4v) is 1.82. The van der Waals surface area contributed by atoms with E-state index in [0.29, 0.717) is 11.8 Å². The predicted molar refractivity (Wildman–Crippen MR) is 59.5 cm³/mol. The average Bonchev–Trinajstić information content (AvgIpc) is 2.17. The van der Waals surface area contributed by atoms with Crippen LogP contribution in [0.25, 0.3) is 0 Å². The largest absolute Gasteiger partial charge is 0.103 e. The van der Waals surface area contributed by atoms with E-state index in [1.165, 1.54) is 12.8 Å². The highest BCUT2D eigenvalue weighted by Gasteiger charge is 2.17. The van der Waals surface area contributed by atoms with Gasteiger partial charge in [-0.05, 0) is 31.1 Å². The Labute approximate surface area is 81.4 Å². The van der Waals surface area contributed by atoms with Gasteiger partial charge in [-0.1, -0.05) is 43.0 Å². The van der Waals surface area contributed by atoms with E-state index in [4.69, 9.17) is 0 Å². The molecule has 0 bridgehead atoms. The van der Waals surface area contributed by atoms with Crippen molar-refractivity contribution in [3.05, 3.63) is 49.6 Å². The first-order chi connectivity index (χ1) is 6.38. The van der Waals surface area contributed by atoms with Crippen LogP contribution in [0, 0.1) is 11.8 Å². The Morgan fingerprint density at radius 1 is 1.38 bits per heavy atom. The summed E-state index contributed by atoms with van der Waals surface area (Å²) in [6, 6.07) is 0. The van der Waals surface area contributed by atoms with E-state index >= 15 is 0 Å². The van der Waals surface area contributed by atoms with Gasteiger partial charge in [0.1, 0.15) is 0 Å². The van der Waals surface area contributed by atoms with Gasteiger partial charge in [0.2, 0.25) is 0 Å². The summed E-state index contributed by atoms with van der Waals surface area (Å²) in [5, 5.41) is 0. The lowest BCUT2D eigenvalue weighted by molar-refractivity contribution is 0.433. The Kier molecular flexibility index (Phi) is 4.31. The summed E-state index contributed by atoms with van der Waals surface area (Å²) in [6.07, 6.45) is 16.3. The third kappa shape index (κ3) is 3.06. The lowest BCUT2D eigenvalue weighted by Gasteiger charge is -2.23. The minimum absolute atomic E-state index is 0.655. The van der Waals surface area contributed by atoms with Gasteiger partial charge in [0.15, 0.2) is 0 Å². The smallest absolute Gasteiger partial charge is 0.0136 e. The lowest BCUT2D eigenvalue weighted by atomic mass is 9.82. The Morgan fingerprint density at radius 2 is 2.23 bits per heavy atom. The van der Waals surface area contributed by atoms with E-state index < -0.39 is 0 Å². The second-order valence-electron chi connectivity index (χ2n) is 3.48. The maximum absolute atomic E-state index is 3.79. The standard InChI is InChI=1S/C13H18/c1-3-5-9-13-11-7-6-10-12(13)8-4-2/h3-6,9-10,12-13H,1-2,7-8,11H2. The van der Waals surface area contributed by atoms with Crippen molar-refractivity contribution in [1.29, 1.82) is 0 Å². The molecule has 0 N–H and O–H groups in total. The lowest BCUT2D eigenvalue weighted by Crippen LogP contribution is -2.12. The van der Waals surface area contributed by atoms with Crippen molar-refractivity contribution < 1.29 is 0 Å². The zero-order valence-electron chi connectivity index (χ0n) is 8.15. The van der Waals surface area contributed by atoms with Crippen LogP contribution >= 0.6 is 0 Å². The van der Waals surface area contributed by atoms with Crippen LogP contribution in [0.15, 0.2) is 49.6 Å². The summed E-state index contributed by atoms with van der Waals surface area (Å²) in [5.74, 6) is 1.34. The van der Waals surface area contributed by atoms with Crippen molar-refractivity contribution in [2.24, 2.45) is 11.8 Å². The summed E-state index contributed by atoms with van der Waals surface area (Å²) in [5.41, 5.74) is 0. The molecule has 0 spiro atoms. The molecule has 1 aliphatic carbocycles. The highest BCUT2D eigenvalue weighted by atomic mass is 14.2. The number of hydrogen-bond acceptors (Lipinski definition) is 0. The van der Waals surface area contributed by atoms with Crippen molar-refractivity contribution in [1.82, 2.24) is 0 Å². The Bertz CT molecular complexity index is 220. The van der Waals surface area contributed by atoms with E-state index in [9.17, 15) is 0 Å². The monoisotopic (exact) mass is 174 g/mol. The van der Waals surface area contributed by atoms with Gasteiger partial charge < -0.3 is 0 Å². The summed E-state index contributed by atoms with van der Waals surface area (Å²) < 4.78 is 0. The minimum atomic E-state index is 0.655. The van der Waals surface area contributed by atoms with Crippen molar-refractivity contribution in [2.45, 2.75) is 19.3 Å². The number of rotatable bonds is 4. The van der Waals surface area contributed by atoms with Gasteiger partial charge in [0.25, 0.3) is 0 Å². The molecule has 0 aromatic rings. The fourth-order valence-electron chi connectivity index (χ4n) is 1.82. The van der Waals surface area contributed by atoms with Crippen molar-refractivity contribution in [3.63, 3.8) is 0 Å². The van der Waals surface area contributed by atoms with Crippen LogP contribution in [-0.2, 0) is 0 Å². The van der Waals surface area contributed by atoms with E-state index in [-0.39, 0.29) is 0 Å². The summed E-state index contributed by atoms with van der Waals surface area (Å²) in [6.45, 7) is 7.48. The van der Waals surface area contributed by atoms with Crippen molar-refractivity contribution >= 4 is 0 Å². The molecule has 0 aliphatic heterocycles. The van der Waals surface area contributed by atoms with Crippen LogP contribution in [0.2, 0.25) is 0 Å². The quantitative estimate of drug-likeness (QED) is 0.448. The molecule has 0 saturated heterocycles. The molecule has 0 amide bonds. The van der Waals surface area contributed by atoms with Gasteiger partial charge >= 0.3 is 0 Å². The maximum Gasteiger partial charge on any atom is -0.0136 e. The molecule has 70 valence electrons. The van der Waals surface area contributed by atoms with Gasteiger partial charge in [0, 0.05) is 0 Å². The first kappa shape index (κ1) is 10.0. The van der Waals surface area contributed by atoms with Gasteiger partial charge in [0.05, 0.1) is 0 Å². The first-order valence-electron chi connectivity index (χ1n) is 4.95. The van der Waals surface area contributed by atoms with Gasteiger partial charge in [-0.2, -0.15) is 0 Å². The minimum Gasteiger partial charge on any atom is -0.103 e. The van der Waals surface area contributed by atoms with Crippen LogP contribution < -0.4 is 0 Å². The number of hydrogen-bond donors (Lipinski definition) is 0. The van der Waals surface area contributed by atoms with Crippen LogP contribution in [0.3, 0.4) is 0 Å². The van der Waals surface area contributed by atoms with Crippen molar-refractivity contribution in [3.8, 4) is 0 Å². The molecule has 0 aromatic heterocycles. The Balaban J connectivity index is 2.58. The van der Waals surface area contributed by atoms with Crippen LogP contribution in [0.1, 0.15) is 19.3 Å². The summed E-state index contributed by atoms with van der Waals surface area (Å²) >= 11 is 0. The SMILES string of the molecule is C=CC=CC1CCC=CC1CC=C. The zero-order valence-corrected chi connectivity index (χ0v) is 8.15. The van der Waals surface area contributed by atoms with Gasteiger partial charge in [-0.3, -0.25) is 0 Å². The molecular formula is C13H18. The molecule has 13 heavy (non-hydrogen) atoms. The topological polar surface area (TPSA) is 0 Å². The van der Waals surface area contributed by atoms with E-state index in [1.807, 2.05) is 12.2 Å². The van der Waals surface area contributed by atoms with Gasteiger partial charge in [-0.25, -0.2) is 0 Å².